The second-order valence-electron chi connectivity index (χ2n) is 4.55. The van der Waals surface area contributed by atoms with Gasteiger partial charge in [0.1, 0.15) is 12.4 Å². The van der Waals surface area contributed by atoms with E-state index in [0.29, 0.717) is 5.56 Å². The molecule has 1 atom stereocenters. The molecule has 110 valence electrons. The molecule has 2 rings (SSSR count). The molecule has 5 nitrogen and oxygen atoms in total. The summed E-state index contributed by atoms with van der Waals surface area (Å²) in [6, 6.07) is 15.5. The molecule has 0 saturated heterocycles. The number of amides is 1. The van der Waals surface area contributed by atoms with Crippen LogP contribution in [0.1, 0.15) is 17.2 Å². The SMILES string of the molecule is O=C(NCC(O)c1ccc(O)cc1)OCc1ccccc1. The average molecular weight is 287 g/mol. The molecule has 2 aromatic rings. The molecule has 2 aromatic carbocycles. The van der Waals surface area contributed by atoms with E-state index in [4.69, 9.17) is 9.84 Å². The van der Waals surface area contributed by atoms with E-state index in [-0.39, 0.29) is 18.9 Å². The van der Waals surface area contributed by atoms with Gasteiger partial charge in [0.25, 0.3) is 0 Å². The smallest absolute Gasteiger partial charge is 0.407 e. The molecular weight excluding hydrogens is 270 g/mol. The van der Waals surface area contributed by atoms with Gasteiger partial charge in [-0.2, -0.15) is 0 Å². The van der Waals surface area contributed by atoms with Gasteiger partial charge in [-0.15, -0.1) is 0 Å². The number of hydrogen-bond acceptors (Lipinski definition) is 4. The van der Waals surface area contributed by atoms with Crippen LogP contribution in [0.5, 0.6) is 5.75 Å². The first kappa shape index (κ1) is 14.9. The van der Waals surface area contributed by atoms with Crippen molar-refractivity contribution in [2.45, 2.75) is 12.7 Å². The first-order valence-electron chi connectivity index (χ1n) is 6.56. The lowest BCUT2D eigenvalue weighted by Crippen LogP contribution is -2.28. The van der Waals surface area contributed by atoms with E-state index >= 15 is 0 Å². The molecule has 0 saturated carbocycles. The van der Waals surface area contributed by atoms with Crippen LogP contribution in [0.15, 0.2) is 54.6 Å². The Bertz CT molecular complexity index is 569. The molecule has 3 N–H and O–H groups in total. The number of rotatable bonds is 5. The number of carbonyl (C=O) groups is 1. The van der Waals surface area contributed by atoms with Crippen molar-refractivity contribution in [3.05, 3.63) is 65.7 Å². The third kappa shape index (κ3) is 4.81. The summed E-state index contributed by atoms with van der Waals surface area (Å²) in [6.07, 6.45) is -1.44. The van der Waals surface area contributed by atoms with Gasteiger partial charge in [-0.05, 0) is 23.3 Å². The maximum absolute atomic E-state index is 11.5. The van der Waals surface area contributed by atoms with Gasteiger partial charge in [-0.25, -0.2) is 4.79 Å². The van der Waals surface area contributed by atoms with Crippen molar-refractivity contribution in [3.63, 3.8) is 0 Å². The van der Waals surface area contributed by atoms with Gasteiger partial charge in [-0.3, -0.25) is 0 Å². The summed E-state index contributed by atoms with van der Waals surface area (Å²) < 4.78 is 5.03. The van der Waals surface area contributed by atoms with E-state index in [1.807, 2.05) is 30.3 Å². The fourth-order valence-electron chi connectivity index (χ4n) is 1.77. The van der Waals surface area contributed by atoms with Gasteiger partial charge in [0.05, 0.1) is 12.6 Å². The Morgan fingerprint density at radius 3 is 2.43 bits per heavy atom. The Labute approximate surface area is 122 Å². The Balaban J connectivity index is 1.74. The van der Waals surface area contributed by atoms with Crippen LogP contribution in [0.3, 0.4) is 0 Å². The van der Waals surface area contributed by atoms with Crippen LogP contribution in [0, 0.1) is 0 Å². The molecule has 0 fully saturated rings. The van der Waals surface area contributed by atoms with Gasteiger partial charge < -0.3 is 20.3 Å². The van der Waals surface area contributed by atoms with E-state index in [1.54, 1.807) is 12.1 Å². The minimum Gasteiger partial charge on any atom is -0.508 e. The number of ether oxygens (including phenoxy) is 1. The number of phenolic OH excluding ortho intramolecular Hbond substituents is 1. The maximum Gasteiger partial charge on any atom is 0.407 e. The Morgan fingerprint density at radius 1 is 1.10 bits per heavy atom. The molecule has 1 amide bonds. The standard InChI is InChI=1S/C16H17NO4/c18-14-8-6-13(7-9-14)15(19)10-17-16(20)21-11-12-4-2-1-3-5-12/h1-9,15,18-19H,10-11H2,(H,17,20). The monoisotopic (exact) mass is 287 g/mol. The Morgan fingerprint density at radius 2 is 1.76 bits per heavy atom. The van der Waals surface area contributed by atoms with Crippen LogP contribution in [-0.2, 0) is 11.3 Å². The van der Waals surface area contributed by atoms with E-state index < -0.39 is 12.2 Å². The highest BCUT2D eigenvalue weighted by molar-refractivity contribution is 5.67. The van der Waals surface area contributed by atoms with Crippen molar-refractivity contribution in [1.82, 2.24) is 5.32 Å². The van der Waals surface area contributed by atoms with Crippen LogP contribution >= 0.6 is 0 Å². The normalized spacial score (nSPS) is 11.7. The fourth-order valence-corrected chi connectivity index (χ4v) is 1.77. The summed E-state index contributed by atoms with van der Waals surface area (Å²) in [7, 11) is 0. The van der Waals surface area contributed by atoms with Gasteiger partial charge >= 0.3 is 6.09 Å². The molecule has 0 aromatic heterocycles. The lowest BCUT2D eigenvalue weighted by Gasteiger charge is -2.12. The lowest BCUT2D eigenvalue weighted by atomic mass is 10.1. The summed E-state index contributed by atoms with van der Waals surface area (Å²) in [5.41, 5.74) is 1.50. The molecule has 0 heterocycles. The largest absolute Gasteiger partial charge is 0.508 e. The zero-order chi connectivity index (χ0) is 15.1. The van der Waals surface area contributed by atoms with E-state index in [1.165, 1.54) is 12.1 Å². The van der Waals surface area contributed by atoms with Gasteiger partial charge in [0.15, 0.2) is 0 Å². The maximum atomic E-state index is 11.5. The van der Waals surface area contributed by atoms with Gasteiger partial charge in [0.2, 0.25) is 0 Å². The highest BCUT2D eigenvalue weighted by Crippen LogP contribution is 2.16. The Kier molecular flexibility index (Phi) is 5.17. The van der Waals surface area contributed by atoms with E-state index in [9.17, 15) is 9.90 Å². The number of nitrogens with one attached hydrogen (secondary N) is 1. The van der Waals surface area contributed by atoms with Crippen molar-refractivity contribution >= 4 is 6.09 Å². The van der Waals surface area contributed by atoms with Gasteiger partial charge in [0, 0.05) is 0 Å². The topological polar surface area (TPSA) is 78.8 Å². The predicted octanol–water partition coefficient (Wildman–Crippen LogP) is 2.35. The summed E-state index contributed by atoms with van der Waals surface area (Å²) in [4.78, 5) is 11.5. The molecular formula is C16H17NO4. The molecule has 0 spiro atoms. The highest BCUT2D eigenvalue weighted by atomic mass is 16.5. The van der Waals surface area contributed by atoms with Crippen LogP contribution in [0.2, 0.25) is 0 Å². The summed E-state index contributed by atoms with van der Waals surface area (Å²) in [6.45, 7) is 0.223. The van der Waals surface area contributed by atoms with Crippen LogP contribution in [0.4, 0.5) is 4.79 Å². The highest BCUT2D eigenvalue weighted by Gasteiger charge is 2.10. The number of hydrogen-bond donors (Lipinski definition) is 3. The van der Waals surface area contributed by atoms with Crippen LogP contribution < -0.4 is 5.32 Å². The number of carbonyl (C=O) groups excluding carboxylic acids is 1. The number of aliphatic hydroxyl groups excluding tert-OH is 1. The number of phenols is 1. The third-order valence-electron chi connectivity index (χ3n) is 2.93. The fraction of sp³-hybridized carbons (Fsp3) is 0.188. The second kappa shape index (κ2) is 7.31. The van der Waals surface area contributed by atoms with Crippen LogP contribution in [-0.4, -0.2) is 22.9 Å². The first-order valence-corrected chi connectivity index (χ1v) is 6.56. The minimum atomic E-state index is -0.852. The minimum absolute atomic E-state index is 0.0401. The molecule has 0 bridgehead atoms. The molecule has 0 aliphatic heterocycles. The van der Waals surface area contributed by atoms with Crippen molar-refractivity contribution in [2.24, 2.45) is 0 Å². The van der Waals surface area contributed by atoms with Crippen molar-refractivity contribution in [3.8, 4) is 5.75 Å². The van der Waals surface area contributed by atoms with Crippen LogP contribution in [0.25, 0.3) is 0 Å². The zero-order valence-electron chi connectivity index (χ0n) is 11.4. The molecule has 1 unspecified atom stereocenters. The van der Waals surface area contributed by atoms with Gasteiger partial charge in [-0.1, -0.05) is 42.5 Å². The number of alkyl carbamates (subject to hydrolysis) is 1. The quantitative estimate of drug-likeness (QED) is 0.788. The third-order valence-corrected chi connectivity index (χ3v) is 2.93. The molecule has 0 aliphatic carbocycles. The Hall–Kier alpha value is -2.53. The number of aliphatic hydroxyl groups is 1. The summed E-state index contributed by atoms with van der Waals surface area (Å²) >= 11 is 0. The van der Waals surface area contributed by atoms with Crippen molar-refractivity contribution in [1.29, 1.82) is 0 Å². The van der Waals surface area contributed by atoms with Crippen molar-refractivity contribution < 1.29 is 19.7 Å². The van der Waals surface area contributed by atoms with Crippen molar-refractivity contribution in [2.75, 3.05) is 6.54 Å². The first-order chi connectivity index (χ1) is 10.1. The number of aromatic hydroxyl groups is 1. The zero-order valence-corrected chi connectivity index (χ0v) is 11.4. The predicted molar refractivity (Wildman–Crippen MR) is 77.7 cm³/mol. The summed E-state index contributed by atoms with van der Waals surface area (Å²) in [5.74, 6) is 0.126. The molecule has 0 radical (unpaired) electrons. The lowest BCUT2D eigenvalue weighted by molar-refractivity contribution is 0.126. The molecule has 0 aliphatic rings. The van der Waals surface area contributed by atoms with E-state index in [2.05, 4.69) is 5.32 Å². The van der Waals surface area contributed by atoms with E-state index in [0.717, 1.165) is 5.56 Å². The molecule has 21 heavy (non-hydrogen) atoms. The second-order valence-corrected chi connectivity index (χ2v) is 4.55. The average Bonchev–Trinajstić information content (AvgIpc) is 2.52. The number of benzene rings is 2. The summed E-state index contributed by atoms with van der Waals surface area (Å²) in [5, 5.41) is 21.5. The molecule has 5 heteroatoms.